The van der Waals surface area contributed by atoms with Gasteiger partial charge in [0.25, 0.3) is 0 Å². The maximum Gasteiger partial charge on any atom is 0.222 e. The van der Waals surface area contributed by atoms with E-state index >= 15 is 0 Å². The Hall–Kier alpha value is -2.54. The van der Waals surface area contributed by atoms with Crippen molar-refractivity contribution in [2.24, 2.45) is 0 Å². The minimum absolute atomic E-state index is 0.559. The van der Waals surface area contributed by atoms with Crippen LogP contribution in [0.25, 0.3) is 0 Å². The molecule has 1 aromatic heterocycles. The van der Waals surface area contributed by atoms with Crippen LogP contribution >= 0.6 is 0 Å². The number of rotatable bonds is 9. The second-order valence-electron chi connectivity index (χ2n) is 5.23. The molecule has 142 valence electrons. The van der Waals surface area contributed by atoms with Gasteiger partial charge in [-0.25, -0.2) is 9.97 Å². The van der Waals surface area contributed by atoms with Crippen LogP contribution in [0.3, 0.4) is 0 Å². The van der Waals surface area contributed by atoms with Gasteiger partial charge in [0.05, 0.1) is 0 Å². The van der Waals surface area contributed by atoms with Crippen molar-refractivity contribution in [2.45, 2.75) is 20.3 Å². The molecule has 0 amide bonds. The summed E-state index contributed by atoms with van der Waals surface area (Å²) < 4.78 is 16.9. The molecule has 0 unspecified atom stereocenters. The molecule has 1 aromatic carbocycles. The molecule has 0 radical (unpaired) electrons. The van der Waals surface area contributed by atoms with Gasteiger partial charge in [-0.15, -0.1) is 0 Å². The van der Waals surface area contributed by atoms with E-state index in [1.54, 1.807) is 18.5 Å². The summed E-state index contributed by atoms with van der Waals surface area (Å²) in [5.41, 5.74) is 0. The fourth-order valence-electron chi connectivity index (χ4n) is 2.32. The molecule has 7 heteroatoms. The summed E-state index contributed by atoms with van der Waals surface area (Å²) in [7, 11) is 0. The molecule has 0 atom stereocenters. The second-order valence-corrected chi connectivity index (χ2v) is 5.23. The van der Waals surface area contributed by atoms with E-state index in [0.29, 0.717) is 31.5 Å². The summed E-state index contributed by atoms with van der Waals surface area (Å²) in [5, 5.41) is 6.52. The first kappa shape index (κ1) is 19.8. The summed E-state index contributed by atoms with van der Waals surface area (Å²) in [5.74, 6) is 2.85. The van der Waals surface area contributed by atoms with Gasteiger partial charge in [0, 0.05) is 25.5 Å². The highest BCUT2D eigenvalue weighted by atomic mass is 16.6. The smallest absolute Gasteiger partial charge is 0.222 e. The fraction of sp³-hybridized carbons (Fsp3) is 0.474. The molecule has 0 aliphatic carbocycles. The van der Waals surface area contributed by atoms with E-state index in [0.717, 1.165) is 37.6 Å². The Kier molecular flexibility index (Phi) is 9.07. The van der Waals surface area contributed by atoms with Crippen LogP contribution in [0.2, 0.25) is 0 Å². The fourth-order valence-corrected chi connectivity index (χ4v) is 2.32. The number of aromatic nitrogens is 2. The molecule has 1 aliphatic rings. The van der Waals surface area contributed by atoms with Gasteiger partial charge in [-0.05, 0) is 31.2 Å². The number of nitrogens with one attached hydrogen (secondary N) is 2. The van der Waals surface area contributed by atoms with Crippen molar-refractivity contribution in [1.82, 2.24) is 15.3 Å². The molecular formula is C19H28N4O3. The van der Waals surface area contributed by atoms with E-state index in [2.05, 4.69) is 20.6 Å². The largest absolute Gasteiger partial charge is 0.488 e. The van der Waals surface area contributed by atoms with E-state index < -0.39 is 0 Å². The van der Waals surface area contributed by atoms with Gasteiger partial charge < -0.3 is 24.8 Å². The topological polar surface area (TPSA) is 77.5 Å². The standard InChI is InChI=1S/C17H22N4O3.C2H6/c1-4-14(16-15(5-1)23-12-13-24-16)22-11-10-18-6-2-7-19-17-20-8-3-9-21-17;1-2/h1,3-5,8-9,18H,2,6-7,10-13H2,(H,19,20,21);1-2H3. The van der Waals surface area contributed by atoms with Crippen LogP contribution < -0.4 is 24.8 Å². The number of nitrogens with zero attached hydrogens (tertiary/aromatic N) is 2. The molecule has 0 fully saturated rings. The Morgan fingerprint density at radius 1 is 1.00 bits per heavy atom. The van der Waals surface area contributed by atoms with Gasteiger partial charge in [-0.3, -0.25) is 0 Å². The highest BCUT2D eigenvalue weighted by Gasteiger charge is 2.16. The molecule has 0 saturated carbocycles. The van der Waals surface area contributed by atoms with Crippen LogP contribution in [0.5, 0.6) is 17.2 Å². The van der Waals surface area contributed by atoms with Crippen molar-refractivity contribution >= 4 is 5.95 Å². The molecule has 1 aliphatic heterocycles. The maximum absolute atomic E-state index is 5.78. The van der Waals surface area contributed by atoms with Crippen LogP contribution in [0, 0.1) is 0 Å². The lowest BCUT2D eigenvalue weighted by molar-refractivity contribution is 0.162. The zero-order chi connectivity index (χ0) is 18.5. The van der Waals surface area contributed by atoms with Crippen molar-refractivity contribution in [1.29, 1.82) is 0 Å². The van der Waals surface area contributed by atoms with Crippen LogP contribution in [0.4, 0.5) is 5.95 Å². The summed E-state index contributed by atoms with van der Waals surface area (Å²) in [4.78, 5) is 8.22. The first-order chi connectivity index (χ1) is 12.9. The van der Waals surface area contributed by atoms with Crippen molar-refractivity contribution in [2.75, 3.05) is 44.8 Å². The van der Waals surface area contributed by atoms with Gasteiger partial charge in [0.15, 0.2) is 11.5 Å². The van der Waals surface area contributed by atoms with E-state index in [4.69, 9.17) is 14.2 Å². The number of ether oxygens (including phenoxy) is 3. The summed E-state index contributed by atoms with van der Waals surface area (Å²) >= 11 is 0. The molecule has 0 spiro atoms. The molecule has 2 aromatic rings. The average molecular weight is 360 g/mol. The molecule has 2 heterocycles. The van der Waals surface area contributed by atoms with Gasteiger partial charge >= 0.3 is 0 Å². The third-order valence-electron chi connectivity index (χ3n) is 3.45. The number of para-hydroxylation sites is 1. The van der Waals surface area contributed by atoms with Crippen LogP contribution in [-0.2, 0) is 0 Å². The van der Waals surface area contributed by atoms with Gasteiger partial charge in [-0.1, -0.05) is 19.9 Å². The Bertz CT molecular complexity index is 625. The van der Waals surface area contributed by atoms with E-state index in [9.17, 15) is 0 Å². The monoisotopic (exact) mass is 360 g/mol. The third-order valence-corrected chi connectivity index (χ3v) is 3.45. The molecule has 0 bridgehead atoms. The number of anilines is 1. The first-order valence-electron chi connectivity index (χ1n) is 9.16. The zero-order valence-electron chi connectivity index (χ0n) is 15.5. The first-order valence-corrected chi connectivity index (χ1v) is 9.16. The van der Waals surface area contributed by atoms with E-state index in [1.165, 1.54) is 0 Å². The molecule has 0 saturated heterocycles. The highest BCUT2D eigenvalue weighted by molar-refractivity contribution is 5.51. The zero-order valence-corrected chi connectivity index (χ0v) is 15.5. The van der Waals surface area contributed by atoms with Crippen LogP contribution in [-0.4, -0.2) is 49.4 Å². The quantitative estimate of drug-likeness (QED) is 0.666. The molecular weight excluding hydrogens is 332 g/mol. The van der Waals surface area contributed by atoms with Crippen molar-refractivity contribution < 1.29 is 14.2 Å². The van der Waals surface area contributed by atoms with E-state index in [-0.39, 0.29) is 0 Å². The Balaban J connectivity index is 0.00000117. The van der Waals surface area contributed by atoms with Gasteiger partial charge in [0.2, 0.25) is 11.7 Å². The van der Waals surface area contributed by atoms with Crippen LogP contribution in [0.1, 0.15) is 20.3 Å². The third kappa shape index (κ3) is 6.40. The van der Waals surface area contributed by atoms with Gasteiger partial charge in [-0.2, -0.15) is 0 Å². The summed E-state index contributed by atoms with van der Waals surface area (Å²) in [6.45, 7) is 8.22. The lowest BCUT2D eigenvalue weighted by Gasteiger charge is -2.20. The van der Waals surface area contributed by atoms with Crippen molar-refractivity contribution in [3.05, 3.63) is 36.7 Å². The SMILES string of the molecule is CC.c1cnc(NCCCNCCOc2cccc3c2OCCO3)nc1. The van der Waals surface area contributed by atoms with Gasteiger partial charge in [0.1, 0.15) is 19.8 Å². The van der Waals surface area contributed by atoms with Crippen molar-refractivity contribution in [3.8, 4) is 17.2 Å². The minimum atomic E-state index is 0.559. The Morgan fingerprint density at radius 2 is 1.81 bits per heavy atom. The number of fused-ring (bicyclic) bond motifs is 1. The predicted octanol–water partition coefficient (Wildman–Crippen LogP) is 2.74. The highest BCUT2D eigenvalue weighted by Crippen LogP contribution is 2.38. The van der Waals surface area contributed by atoms with Crippen molar-refractivity contribution in [3.63, 3.8) is 0 Å². The lowest BCUT2D eigenvalue weighted by atomic mass is 10.3. The summed E-state index contributed by atoms with van der Waals surface area (Å²) in [6, 6.07) is 7.50. The number of hydrogen-bond acceptors (Lipinski definition) is 7. The average Bonchev–Trinajstić information content (AvgIpc) is 2.72. The number of hydrogen-bond donors (Lipinski definition) is 2. The molecule has 3 rings (SSSR count). The van der Waals surface area contributed by atoms with E-state index in [1.807, 2.05) is 32.0 Å². The second kappa shape index (κ2) is 11.9. The molecule has 26 heavy (non-hydrogen) atoms. The lowest BCUT2D eigenvalue weighted by Crippen LogP contribution is -2.24. The maximum atomic E-state index is 5.78. The molecule has 7 nitrogen and oxygen atoms in total. The minimum Gasteiger partial charge on any atom is -0.488 e. The molecule has 2 N–H and O–H groups in total. The predicted molar refractivity (Wildman–Crippen MR) is 102 cm³/mol. The Labute approximate surface area is 155 Å². The van der Waals surface area contributed by atoms with Crippen LogP contribution in [0.15, 0.2) is 36.7 Å². The number of benzene rings is 1. The summed E-state index contributed by atoms with van der Waals surface area (Å²) in [6.07, 6.45) is 4.43. The Morgan fingerprint density at radius 3 is 2.65 bits per heavy atom. The normalized spacial score (nSPS) is 11.9.